The number of nitrogens with zero attached hydrogens (tertiary/aromatic N) is 2. The smallest absolute Gasteiger partial charge is 0.193 e. The minimum atomic E-state index is 0.433. The lowest BCUT2D eigenvalue weighted by atomic mass is 9.92. The summed E-state index contributed by atoms with van der Waals surface area (Å²) in [5.41, 5.74) is 0.433. The summed E-state index contributed by atoms with van der Waals surface area (Å²) >= 11 is 0. The first-order valence-corrected chi connectivity index (χ1v) is 9.19. The van der Waals surface area contributed by atoms with Crippen molar-refractivity contribution in [1.82, 2.24) is 10.2 Å². The molecule has 1 saturated carbocycles. The molecule has 0 radical (unpaired) electrons. The minimum Gasteiger partial charge on any atom is -0.382 e. The maximum atomic E-state index is 5.53. The number of piperidine rings is 1. The van der Waals surface area contributed by atoms with Gasteiger partial charge in [-0.2, -0.15) is 0 Å². The molecule has 4 heteroatoms. The molecule has 2 atom stereocenters. The Labute approximate surface area is 136 Å². The average molecular weight is 309 g/mol. The van der Waals surface area contributed by atoms with Crippen molar-refractivity contribution in [3.05, 3.63) is 0 Å². The second-order valence-corrected chi connectivity index (χ2v) is 7.47. The van der Waals surface area contributed by atoms with Crippen LogP contribution in [0.1, 0.15) is 53.4 Å². The van der Waals surface area contributed by atoms with Crippen molar-refractivity contribution in [2.75, 3.05) is 39.4 Å². The van der Waals surface area contributed by atoms with E-state index in [1.165, 1.54) is 19.3 Å². The highest BCUT2D eigenvalue weighted by Crippen LogP contribution is 2.49. The topological polar surface area (TPSA) is 36.9 Å². The van der Waals surface area contributed by atoms with Crippen LogP contribution in [0.15, 0.2) is 4.99 Å². The predicted molar refractivity (Wildman–Crippen MR) is 93.3 cm³/mol. The number of aliphatic imine (C=N–C) groups is 1. The van der Waals surface area contributed by atoms with E-state index in [1.54, 1.807) is 0 Å². The van der Waals surface area contributed by atoms with E-state index in [0.717, 1.165) is 63.6 Å². The summed E-state index contributed by atoms with van der Waals surface area (Å²) in [5.74, 6) is 2.66. The Morgan fingerprint density at radius 1 is 1.23 bits per heavy atom. The van der Waals surface area contributed by atoms with Crippen LogP contribution in [0.3, 0.4) is 0 Å². The molecule has 0 aromatic rings. The van der Waals surface area contributed by atoms with Gasteiger partial charge in [-0.1, -0.05) is 13.8 Å². The summed E-state index contributed by atoms with van der Waals surface area (Å²) in [5, 5.41) is 3.51. The molecule has 1 N–H and O–H groups in total. The Kier molecular flexibility index (Phi) is 6.54. The van der Waals surface area contributed by atoms with Crippen LogP contribution in [0.4, 0.5) is 0 Å². The molecular weight excluding hydrogens is 274 g/mol. The molecule has 0 bridgehead atoms. The number of likely N-dealkylation sites (tertiary alicyclic amines) is 1. The van der Waals surface area contributed by atoms with Crippen LogP contribution in [0.2, 0.25) is 0 Å². The lowest BCUT2D eigenvalue weighted by Crippen LogP contribution is -2.48. The highest BCUT2D eigenvalue weighted by Gasteiger charge is 2.42. The molecule has 0 spiro atoms. The van der Waals surface area contributed by atoms with Crippen molar-refractivity contribution in [3.8, 4) is 0 Å². The van der Waals surface area contributed by atoms with E-state index in [4.69, 9.17) is 9.73 Å². The van der Waals surface area contributed by atoms with Gasteiger partial charge in [-0.3, -0.25) is 4.99 Å². The Morgan fingerprint density at radius 3 is 2.45 bits per heavy atom. The van der Waals surface area contributed by atoms with Gasteiger partial charge in [0.15, 0.2) is 5.96 Å². The molecule has 1 heterocycles. The van der Waals surface area contributed by atoms with Crippen LogP contribution in [0.5, 0.6) is 0 Å². The van der Waals surface area contributed by atoms with Crippen LogP contribution in [-0.4, -0.2) is 50.3 Å². The summed E-state index contributed by atoms with van der Waals surface area (Å²) in [6, 6.07) is 0. The number of hydrogen-bond donors (Lipinski definition) is 1. The van der Waals surface area contributed by atoms with E-state index in [-0.39, 0.29) is 0 Å². The van der Waals surface area contributed by atoms with Gasteiger partial charge in [0.1, 0.15) is 0 Å². The van der Waals surface area contributed by atoms with Gasteiger partial charge in [-0.15, -0.1) is 0 Å². The first-order valence-electron chi connectivity index (χ1n) is 9.19. The third-order valence-corrected chi connectivity index (χ3v) is 5.01. The molecule has 2 rings (SSSR count). The maximum absolute atomic E-state index is 5.53. The quantitative estimate of drug-likeness (QED) is 0.446. The molecule has 0 aromatic heterocycles. The highest BCUT2D eigenvalue weighted by molar-refractivity contribution is 5.80. The summed E-state index contributed by atoms with van der Waals surface area (Å²) in [4.78, 5) is 7.47. The van der Waals surface area contributed by atoms with Crippen molar-refractivity contribution >= 4 is 5.96 Å². The number of rotatable bonds is 7. The first-order chi connectivity index (χ1) is 10.6. The van der Waals surface area contributed by atoms with Crippen LogP contribution in [0, 0.1) is 17.3 Å². The molecule has 2 aliphatic rings. The second kappa shape index (κ2) is 8.19. The third kappa shape index (κ3) is 5.15. The molecule has 2 fully saturated rings. The van der Waals surface area contributed by atoms with Crippen LogP contribution < -0.4 is 5.32 Å². The Morgan fingerprint density at radius 2 is 1.91 bits per heavy atom. The van der Waals surface area contributed by atoms with Crippen LogP contribution in [-0.2, 0) is 4.74 Å². The summed E-state index contributed by atoms with van der Waals surface area (Å²) in [7, 11) is 0. The maximum Gasteiger partial charge on any atom is 0.193 e. The fourth-order valence-corrected chi connectivity index (χ4v) is 3.60. The zero-order valence-corrected chi connectivity index (χ0v) is 15.0. The molecule has 22 heavy (non-hydrogen) atoms. The monoisotopic (exact) mass is 309 g/mol. The molecular formula is C18H35N3O. The predicted octanol–water partition coefficient (Wildman–Crippen LogP) is 3.14. The normalized spacial score (nSPS) is 27.8. The fraction of sp³-hybridized carbons (Fsp3) is 0.944. The summed E-state index contributed by atoms with van der Waals surface area (Å²) in [6.07, 6.45) is 5.14. The summed E-state index contributed by atoms with van der Waals surface area (Å²) < 4.78 is 5.53. The van der Waals surface area contributed by atoms with Crippen molar-refractivity contribution in [1.29, 1.82) is 0 Å². The van der Waals surface area contributed by atoms with E-state index in [2.05, 4.69) is 37.9 Å². The lowest BCUT2D eigenvalue weighted by molar-refractivity contribution is 0.129. The van der Waals surface area contributed by atoms with Gasteiger partial charge in [0.2, 0.25) is 0 Å². The Hall–Kier alpha value is -0.770. The van der Waals surface area contributed by atoms with E-state index in [9.17, 15) is 0 Å². The van der Waals surface area contributed by atoms with E-state index < -0.39 is 0 Å². The molecule has 1 saturated heterocycles. The van der Waals surface area contributed by atoms with Gasteiger partial charge in [0.05, 0.1) is 0 Å². The number of hydrogen-bond acceptors (Lipinski definition) is 2. The molecule has 0 amide bonds. The SMILES string of the molecule is CCNC(=NCC1(CCOCC)CC1)N1CC(C)CC(C)C1. The Bertz CT molecular complexity index is 355. The minimum absolute atomic E-state index is 0.433. The van der Waals surface area contributed by atoms with Crippen molar-refractivity contribution in [2.45, 2.75) is 53.4 Å². The number of guanidine groups is 1. The van der Waals surface area contributed by atoms with E-state index in [1.807, 2.05) is 0 Å². The molecule has 0 aromatic carbocycles. The molecule has 2 unspecified atom stereocenters. The molecule has 1 aliphatic carbocycles. The summed E-state index contributed by atoms with van der Waals surface area (Å²) in [6.45, 7) is 14.9. The highest BCUT2D eigenvalue weighted by atomic mass is 16.5. The lowest BCUT2D eigenvalue weighted by Gasteiger charge is -2.37. The number of ether oxygens (including phenoxy) is 1. The van der Waals surface area contributed by atoms with E-state index in [0.29, 0.717) is 5.41 Å². The fourth-order valence-electron chi connectivity index (χ4n) is 3.60. The zero-order chi connectivity index (χ0) is 16.0. The van der Waals surface area contributed by atoms with E-state index >= 15 is 0 Å². The number of nitrogens with one attached hydrogen (secondary N) is 1. The van der Waals surface area contributed by atoms with Crippen molar-refractivity contribution < 1.29 is 4.74 Å². The van der Waals surface area contributed by atoms with Gasteiger partial charge >= 0.3 is 0 Å². The standard InChI is InChI=1S/C18H35N3O/c1-5-19-17(21-12-15(3)11-16(4)13-21)20-14-18(7-8-18)9-10-22-6-2/h15-16H,5-14H2,1-4H3,(H,19,20). The van der Waals surface area contributed by atoms with Crippen LogP contribution >= 0.6 is 0 Å². The van der Waals surface area contributed by atoms with Gasteiger partial charge in [-0.05, 0) is 56.8 Å². The van der Waals surface area contributed by atoms with Gasteiger partial charge in [0.25, 0.3) is 0 Å². The third-order valence-electron chi connectivity index (χ3n) is 5.01. The van der Waals surface area contributed by atoms with Gasteiger partial charge in [-0.25, -0.2) is 0 Å². The Balaban J connectivity index is 1.92. The van der Waals surface area contributed by atoms with Crippen LogP contribution in [0.25, 0.3) is 0 Å². The van der Waals surface area contributed by atoms with Crippen molar-refractivity contribution in [3.63, 3.8) is 0 Å². The largest absolute Gasteiger partial charge is 0.382 e. The molecule has 4 nitrogen and oxygen atoms in total. The van der Waals surface area contributed by atoms with Crippen molar-refractivity contribution in [2.24, 2.45) is 22.2 Å². The first kappa shape index (κ1) is 17.6. The van der Waals surface area contributed by atoms with Gasteiger partial charge in [0, 0.05) is 39.4 Å². The molecule has 128 valence electrons. The second-order valence-electron chi connectivity index (χ2n) is 7.47. The average Bonchev–Trinajstić information content (AvgIpc) is 3.23. The van der Waals surface area contributed by atoms with Gasteiger partial charge < -0.3 is 15.0 Å². The zero-order valence-electron chi connectivity index (χ0n) is 15.0. The molecule has 1 aliphatic heterocycles.